The van der Waals surface area contributed by atoms with Crippen molar-refractivity contribution in [2.75, 3.05) is 0 Å². The summed E-state index contributed by atoms with van der Waals surface area (Å²) in [6, 6.07) is 8.46. The molecule has 2 aromatic carbocycles. The van der Waals surface area contributed by atoms with Crippen molar-refractivity contribution in [1.82, 2.24) is 4.98 Å². The molecular formula is C14H8BrNO3. The van der Waals surface area contributed by atoms with Crippen LogP contribution in [0.5, 0.6) is 0 Å². The smallest absolute Gasteiger partial charge is 0.336 e. The number of rotatable bonds is 1. The minimum Gasteiger partial charge on any atom is -0.478 e. The number of halogens is 1. The fraction of sp³-hybridized carbons (Fsp3) is 0. The van der Waals surface area contributed by atoms with Gasteiger partial charge >= 0.3 is 5.97 Å². The van der Waals surface area contributed by atoms with Crippen LogP contribution in [0.1, 0.15) is 10.4 Å². The van der Waals surface area contributed by atoms with Gasteiger partial charge in [-0.2, -0.15) is 0 Å². The molecule has 1 aromatic heterocycles. The number of benzene rings is 2. The molecule has 0 aliphatic carbocycles. The quantitative estimate of drug-likeness (QED) is 0.677. The second-order valence-corrected chi connectivity index (χ2v) is 5.11. The number of carboxylic acids is 1. The fourth-order valence-electron chi connectivity index (χ4n) is 2.26. The molecule has 3 aromatic rings. The van der Waals surface area contributed by atoms with Crippen molar-refractivity contribution in [1.29, 1.82) is 0 Å². The zero-order valence-electron chi connectivity index (χ0n) is 9.61. The van der Waals surface area contributed by atoms with Gasteiger partial charge in [0.15, 0.2) is 0 Å². The summed E-state index contributed by atoms with van der Waals surface area (Å²) in [6.07, 6.45) is 1.51. The Morgan fingerprint density at radius 1 is 1.16 bits per heavy atom. The topological polar surface area (TPSA) is 70.2 Å². The molecule has 0 aliphatic rings. The summed E-state index contributed by atoms with van der Waals surface area (Å²) in [4.78, 5) is 25.9. The molecule has 0 unspecified atom stereocenters. The van der Waals surface area contributed by atoms with Gasteiger partial charge in [-0.15, -0.1) is 0 Å². The number of aromatic carboxylic acids is 1. The SMILES string of the molecule is O=C(O)c1cc2cc[nH]c(=O)c2c2cc(Br)ccc12. The Morgan fingerprint density at radius 2 is 1.95 bits per heavy atom. The first kappa shape index (κ1) is 11.9. The molecule has 0 radical (unpaired) electrons. The first-order valence-corrected chi connectivity index (χ1v) is 6.34. The number of hydrogen-bond donors (Lipinski definition) is 2. The first-order valence-electron chi connectivity index (χ1n) is 5.55. The standard InChI is InChI=1S/C14H8BrNO3/c15-8-1-2-9-10(6-8)12-7(3-4-16-13(12)17)5-11(9)14(18)19/h1-6H,(H,16,17)(H,18,19). The van der Waals surface area contributed by atoms with Gasteiger partial charge in [0.2, 0.25) is 0 Å². The van der Waals surface area contributed by atoms with Crippen molar-refractivity contribution in [3.05, 3.63) is 56.9 Å². The van der Waals surface area contributed by atoms with Gasteiger partial charge in [0.05, 0.1) is 10.9 Å². The molecule has 0 bridgehead atoms. The second-order valence-electron chi connectivity index (χ2n) is 4.19. The van der Waals surface area contributed by atoms with Crippen LogP contribution in [0.25, 0.3) is 21.5 Å². The molecule has 0 fully saturated rings. The predicted octanol–water partition coefficient (Wildman–Crippen LogP) is 3.14. The van der Waals surface area contributed by atoms with E-state index < -0.39 is 5.97 Å². The lowest BCUT2D eigenvalue weighted by molar-refractivity contribution is 0.0699. The molecular weight excluding hydrogens is 310 g/mol. The number of aromatic nitrogens is 1. The van der Waals surface area contributed by atoms with Crippen molar-refractivity contribution < 1.29 is 9.90 Å². The minimum absolute atomic E-state index is 0.195. The molecule has 0 spiro atoms. The van der Waals surface area contributed by atoms with E-state index in [4.69, 9.17) is 0 Å². The molecule has 0 amide bonds. The molecule has 5 heteroatoms. The zero-order valence-corrected chi connectivity index (χ0v) is 11.2. The van der Waals surface area contributed by atoms with Crippen LogP contribution in [0.4, 0.5) is 0 Å². The van der Waals surface area contributed by atoms with E-state index in [9.17, 15) is 14.7 Å². The van der Waals surface area contributed by atoms with Gasteiger partial charge in [0.25, 0.3) is 5.56 Å². The average Bonchev–Trinajstić information content (AvgIpc) is 2.37. The molecule has 1 heterocycles. The molecule has 0 atom stereocenters. The van der Waals surface area contributed by atoms with Crippen LogP contribution in [0.2, 0.25) is 0 Å². The zero-order chi connectivity index (χ0) is 13.6. The lowest BCUT2D eigenvalue weighted by Crippen LogP contribution is -2.07. The Balaban J connectivity index is 2.67. The van der Waals surface area contributed by atoms with E-state index >= 15 is 0 Å². The molecule has 94 valence electrons. The van der Waals surface area contributed by atoms with E-state index in [1.54, 1.807) is 24.3 Å². The second kappa shape index (κ2) is 4.20. The largest absolute Gasteiger partial charge is 0.478 e. The number of fused-ring (bicyclic) bond motifs is 3. The maximum atomic E-state index is 12.0. The van der Waals surface area contributed by atoms with E-state index in [2.05, 4.69) is 20.9 Å². The summed E-state index contributed by atoms with van der Waals surface area (Å²) in [6.45, 7) is 0. The first-order chi connectivity index (χ1) is 9.08. The Hall–Kier alpha value is -2.14. The summed E-state index contributed by atoms with van der Waals surface area (Å²) in [5, 5.41) is 11.6. The fourth-order valence-corrected chi connectivity index (χ4v) is 2.62. The number of carbonyl (C=O) groups is 1. The number of nitrogens with one attached hydrogen (secondary N) is 1. The van der Waals surface area contributed by atoms with Crippen molar-refractivity contribution >= 4 is 43.4 Å². The van der Waals surface area contributed by atoms with Crippen LogP contribution in [-0.2, 0) is 0 Å². The van der Waals surface area contributed by atoms with E-state index in [1.807, 2.05) is 0 Å². The van der Waals surface area contributed by atoms with Crippen LogP contribution in [0, 0.1) is 0 Å². The van der Waals surface area contributed by atoms with Crippen LogP contribution in [-0.4, -0.2) is 16.1 Å². The molecule has 4 nitrogen and oxygen atoms in total. The molecule has 0 saturated carbocycles. The highest BCUT2D eigenvalue weighted by molar-refractivity contribution is 9.10. The number of aromatic amines is 1. The predicted molar refractivity (Wildman–Crippen MR) is 76.7 cm³/mol. The van der Waals surface area contributed by atoms with Gasteiger partial charge in [-0.25, -0.2) is 4.79 Å². The maximum absolute atomic E-state index is 12.0. The van der Waals surface area contributed by atoms with Crippen molar-refractivity contribution in [3.8, 4) is 0 Å². The number of H-pyrrole nitrogens is 1. The Labute approximate surface area is 115 Å². The van der Waals surface area contributed by atoms with Crippen molar-refractivity contribution in [2.45, 2.75) is 0 Å². The summed E-state index contributed by atoms with van der Waals surface area (Å²) >= 11 is 3.34. The van der Waals surface area contributed by atoms with Gasteiger partial charge < -0.3 is 10.1 Å². The van der Waals surface area contributed by atoms with E-state index in [0.717, 1.165) is 4.47 Å². The summed E-state index contributed by atoms with van der Waals surface area (Å²) in [5.41, 5.74) is -0.0295. The Bertz CT molecular complexity index is 883. The monoisotopic (exact) mass is 317 g/mol. The number of pyridine rings is 1. The Morgan fingerprint density at radius 3 is 2.68 bits per heavy atom. The maximum Gasteiger partial charge on any atom is 0.336 e. The Kier molecular flexibility index (Phi) is 2.64. The van der Waals surface area contributed by atoms with Crippen LogP contribution >= 0.6 is 15.9 Å². The number of carboxylic acid groups (broad SMARTS) is 1. The van der Waals surface area contributed by atoms with Crippen molar-refractivity contribution in [3.63, 3.8) is 0 Å². The normalized spacial score (nSPS) is 11.0. The minimum atomic E-state index is -1.01. The van der Waals surface area contributed by atoms with Gasteiger partial charge in [-0.3, -0.25) is 4.79 Å². The van der Waals surface area contributed by atoms with E-state index in [1.165, 1.54) is 12.3 Å². The van der Waals surface area contributed by atoms with Crippen LogP contribution in [0.15, 0.2) is 45.8 Å². The third kappa shape index (κ3) is 1.82. The summed E-state index contributed by atoms with van der Waals surface area (Å²) in [5.74, 6) is -1.01. The van der Waals surface area contributed by atoms with Crippen LogP contribution in [0.3, 0.4) is 0 Å². The lowest BCUT2D eigenvalue weighted by Gasteiger charge is -2.07. The van der Waals surface area contributed by atoms with Gasteiger partial charge in [-0.1, -0.05) is 22.0 Å². The van der Waals surface area contributed by atoms with E-state index in [0.29, 0.717) is 21.5 Å². The lowest BCUT2D eigenvalue weighted by atomic mass is 9.98. The highest BCUT2D eigenvalue weighted by Crippen LogP contribution is 2.29. The van der Waals surface area contributed by atoms with Crippen molar-refractivity contribution in [2.24, 2.45) is 0 Å². The van der Waals surface area contributed by atoms with Gasteiger partial charge in [-0.05, 0) is 40.4 Å². The van der Waals surface area contributed by atoms with Gasteiger partial charge in [0, 0.05) is 10.7 Å². The molecule has 0 saturated heterocycles. The highest BCUT2D eigenvalue weighted by atomic mass is 79.9. The van der Waals surface area contributed by atoms with Crippen LogP contribution < -0.4 is 5.56 Å². The molecule has 19 heavy (non-hydrogen) atoms. The molecule has 3 rings (SSSR count). The molecule has 0 aliphatic heterocycles. The van der Waals surface area contributed by atoms with E-state index in [-0.39, 0.29) is 11.1 Å². The highest BCUT2D eigenvalue weighted by Gasteiger charge is 2.13. The van der Waals surface area contributed by atoms with Gasteiger partial charge in [0.1, 0.15) is 0 Å². The average molecular weight is 318 g/mol. The summed E-state index contributed by atoms with van der Waals surface area (Å²) < 4.78 is 0.798. The third-order valence-electron chi connectivity index (χ3n) is 3.06. The third-order valence-corrected chi connectivity index (χ3v) is 3.56. The summed E-state index contributed by atoms with van der Waals surface area (Å²) in [7, 11) is 0. The number of hydrogen-bond acceptors (Lipinski definition) is 2. The molecule has 2 N–H and O–H groups in total.